The molecule has 2 atom stereocenters. The third-order valence-electron chi connectivity index (χ3n) is 6.77. The van der Waals surface area contributed by atoms with Crippen molar-refractivity contribution in [1.29, 1.82) is 0 Å². The number of aliphatic carboxylic acids is 1. The van der Waals surface area contributed by atoms with Crippen LogP contribution in [-0.2, 0) is 16.8 Å². The zero-order valence-corrected chi connectivity index (χ0v) is 27.8. The Morgan fingerprint density at radius 1 is 1.05 bits per heavy atom. The molecule has 0 saturated heterocycles. The molecule has 1 fully saturated rings. The SMILES string of the molecule is COc1cccc([C@@]2(O)CCCC[C@@H]2CN(C)C)c1.Cl.O=C(O)Cc1ccccc1Nc1c(Cl)cccc1Cl.[Na]. The Balaban J connectivity index is 0.000000381. The first-order chi connectivity index (χ1) is 18.1. The van der Waals surface area contributed by atoms with Crippen molar-refractivity contribution in [3.05, 3.63) is 87.9 Å². The molecule has 3 aromatic rings. The summed E-state index contributed by atoms with van der Waals surface area (Å²) in [5.74, 6) is 0.225. The second-order valence-corrected chi connectivity index (χ2v) is 10.6. The van der Waals surface area contributed by atoms with E-state index in [0.717, 1.165) is 37.1 Å². The largest absolute Gasteiger partial charge is 0.497 e. The zero-order chi connectivity index (χ0) is 27.7. The van der Waals surface area contributed by atoms with Crippen molar-refractivity contribution in [2.45, 2.75) is 37.7 Å². The summed E-state index contributed by atoms with van der Waals surface area (Å²) in [7, 11) is 5.81. The van der Waals surface area contributed by atoms with E-state index in [2.05, 4.69) is 24.3 Å². The van der Waals surface area contributed by atoms with Gasteiger partial charge in [-0.05, 0) is 68.4 Å². The standard InChI is InChI=1S/C16H25NO2.C14H11Cl2NO2.ClH.Na/c1-17(2)12-14-7-4-5-10-16(14,18)13-8-6-9-15(11-13)19-3;15-10-5-3-6-11(16)14(10)17-12-7-2-1-4-9(12)8-13(18)19;;/h6,8-9,11,14,18H,4-5,7,10,12H2,1-3H3;1-7,17H,8H2,(H,18,19);1H;/t14-,16+;;;/m1.../s1. The van der Waals surface area contributed by atoms with Crippen LogP contribution < -0.4 is 10.1 Å². The molecule has 1 aliphatic carbocycles. The first kappa shape index (κ1) is 36.5. The molecule has 0 aromatic heterocycles. The molecule has 0 aliphatic heterocycles. The fourth-order valence-electron chi connectivity index (χ4n) is 4.89. The third-order valence-corrected chi connectivity index (χ3v) is 7.40. The number of rotatable bonds is 8. The van der Waals surface area contributed by atoms with Crippen molar-refractivity contribution in [3.63, 3.8) is 0 Å². The number of para-hydroxylation sites is 2. The number of aliphatic hydroxyl groups is 1. The van der Waals surface area contributed by atoms with Crippen LogP contribution >= 0.6 is 35.6 Å². The number of hydrogen-bond donors (Lipinski definition) is 3. The van der Waals surface area contributed by atoms with Crippen LogP contribution in [0, 0.1) is 5.92 Å². The molecule has 213 valence electrons. The molecular weight excluding hydrogens is 582 g/mol. The van der Waals surface area contributed by atoms with Crippen LogP contribution in [0.25, 0.3) is 0 Å². The fourth-order valence-corrected chi connectivity index (χ4v) is 5.39. The van der Waals surface area contributed by atoms with Crippen LogP contribution in [0.4, 0.5) is 11.4 Å². The molecule has 1 saturated carbocycles. The van der Waals surface area contributed by atoms with Crippen molar-refractivity contribution in [3.8, 4) is 5.75 Å². The molecule has 6 nitrogen and oxygen atoms in total. The summed E-state index contributed by atoms with van der Waals surface area (Å²) in [5.41, 5.74) is 2.21. The van der Waals surface area contributed by atoms with Gasteiger partial charge in [-0.1, -0.05) is 72.4 Å². The Hall–Kier alpha value is -1.48. The number of nitrogens with zero attached hydrogens (tertiary/aromatic N) is 1. The number of anilines is 2. The molecule has 3 aromatic carbocycles. The van der Waals surface area contributed by atoms with E-state index < -0.39 is 11.6 Å². The minimum absolute atomic E-state index is 0. The Labute approximate surface area is 275 Å². The molecule has 4 rings (SSSR count). The number of hydrogen-bond acceptors (Lipinski definition) is 5. The van der Waals surface area contributed by atoms with Crippen LogP contribution in [0.1, 0.15) is 36.8 Å². The Kier molecular flexibility index (Phi) is 16.0. The Morgan fingerprint density at radius 2 is 1.70 bits per heavy atom. The van der Waals surface area contributed by atoms with Crippen molar-refractivity contribution in [2.24, 2.45) is 5.92 Å². The first-order valence-corrected chi connectivity index (χ1v) is 13.4. The van der Waals surface area contributed by atoms with Crippen molar-refractivity contribution < 1.29 is 19.7 Å². The molecule has 3 N–H and O–H groups in total. The first-order valence-electron chi connectivity index (χ1n) is 12.7. The molecule has 1 aliphatic rings. The Bertz CT molecular complexity index is 1210. The molecule has 0 unspecified atom stereocenters. The van der Waals surface area contributed by atoms with Crippen molar-refractivity contribution >= 4 is 82.5 Å². The van der Waals surface area contributed by atoms with Gasteiger partial charge in [0.05, 0.1) is 34.9 Å². The number of carboxylic acid groups (broad SMARTS) is 1. The van der Waals surface area contributed by atoms with Crippen LogP contribution in [0.2, 0.25) is 10.0 Å². The summed E-state index contributed by atoms with van der Waals surface area (Å²) in [6.45, 7) is 0.924. The van der Waals surface area contributed by atoms with E-state index in [0.29, 0.717) is 32.9 Å². The van der Waals surface area contributed by atoms with Gasteiger partial charge < -0.3 is 25.2 Å². The van der Waals surface area contributed by atoms with Gasteiger partial charge in [0.25, 0.3) is 0 Å². The number of methoxy groups -OCH3 is 1. The Morgan fingerprint density at radius 3 is 2.33 bits per heavy atom. The van der Waals surface area contributed by atoms with Gasteiger partial charge in [-0.2, -0.15) is 0 Å². The second-order valence-electron chi connectivity index (χ2n) is 9.81. The molecular formula is C30H37Cl3N2NaO4. The second kappa shape index (κ2) is 17.5. The average molecular weight is 619 g/mol. The molecule has 0 spiro atoms. The van der Waals surface area contributed by atoms with E-state index in [4.69, 9.17) is 33.0 Å². The van der Waals surface area contributed by atoms with E-state index in [1.807, 2.05) is 30.3 Å². The van der Waals surface area contributed by atoms with Gasteiger partial charge in [0.15, 0.2) is 0 Å². The predicted molar refractivity (Wildman–Crippen MR) is 168 cm³/mol. The molecule has 1 radical (unpaired) electrons. The van der Waals surface area contributed by atoms with Gasteiger partial charge in [0, 0.05) is 47.7 Å². The fraction of sp³-hybridized carbons (Fsp3) is 0.367. The summed E-state index contributed by atoms with van der Waals surface area (Å²) in [6.07, 6.45) is 4.18. The van der Waals surface area contributed by atoms with Crippen molar-refractivity contribution in [1.82, 2.24) is 4.90 Å². The zero-order valence-electron chi connectivity index (χ0n) is 23.5. The molecule has 0 amide bonds. The number of carboxylic acids is 1. The van der Waals surface area contributed by atoms with Gasteiger partial charge in [-0.15, -0.1) is 12.4 Å². The number of carbonyl (C=O) groups is 1. The summed E-state index contributed by atoms with van der Waals surface area (Å²) >= 11 is 12.1. The van der Waals surface area contributed by atoms with Crippen LogP contribution in [-0.4, -0.2) is 78.4 Å². The van der Waals surface area contributed by atoms with Crippen molar-refractivity contribution in [2.75, 3.05) is 33.1 Å². The smallest absolute Gasteiger partial charge is 0.307 e. The van der Waals surface area contributed by atoms with E-state index in [-0.39, 0.29) is 48.4 Å². The summed E-state index contributed by atoms with van der Waals surface area (Å²) in [5, 5.41) is 24.1. The van der Waals surface area contributed by atoms with Crippen LogP contribution in [0.3, 0.4) is 0 Å². The molecule has 0 bridgehead atoms. The number of benzene rings is 3. The molecule has 0 heterocycles. The maximum atomic E-state index is 11.2. The molecule has 10 heteroatoms. The monoisotopic (exact) mass is 617 g/mol. The molecule has 40 heavy (non-hydrogen) atoms. The van der Waals surface area contributed by atoms with Gasteiger partial charge in [0.2, 0.25) is 0 Å². The van der Waals surface area contributed by atoms with Gasteiger partial charge >= 0.3 is 5.97 Å². The van der Waals surface area contributed by atoms with E-state index in [9.17, 15) is 9.90 Å². The summed E-state index contributed by atoms with van der Waals surface area (Å²) < 4.78 is 5.29. The topological polar surface area (TPSA) is 82.0 Å². The minimum Gasteiger partial charge on any atom is -0.497 e. The number of ether oxygens (including phenoxy) is 1. The number of halogens is 3. The average Bonchev–Trinajstić information content (AvgIpc) is 2.88. The predicted octanol–water partition coefficient (Wildman–Crippen LogP) is 7.04. The maximum Gasteiger partial charge on any atom is 0.307 e. The van der Waals surface area contributed by atoms with E-state index in [1.165, 1.54) is 6.42 Å². The summed E-state index contributed by atoms with van der Waals surface area (Å²) in [4.78, 5) is 13.0. The maximum absolute atomic E-state index is 11.2. The van der Waals surface area contributed by atoms with E-state index >= 15 is 0 Å². The van der Waals surface area contributed by atoms with Gasteiger partial charge in [0.1, 0.15) is 5.75 Å². The summed E-state index contributed by atoms with van der Waals surface area (Å²) in [6, 6.07) is 20.2. The number of nitrogens with one attached hydrogen (secondary N) is 1. The van der Waals surface area contributed by atoms with Gasteiger partial charge in [-0.3, -0.25) is 4.79 Å². The third kappa shape index (κ3) is 10.1. The van der Waals surface area contributed by atoms with Gasteiger partial charge in [-0.25, -0.2) is 0 Å². The van der Waals surface area contributed by atoms with Crippen LogP contribution in [0.15, 0.2) is 66.7 Å². The van der Waals surface area contributed by atoms with E-state index in [1.54, 1.807) is 43.5 Å². The normalized spacial score (nSPS) is 17.9. The quantitative estimate of drug-likeness (QED) is 0.235. The minimum atomic E-state index is -0.889. The van der Waals surface area contributed by atoms with Crippen LogP contribution in [0.5, 0.6) is 5.75 Å².